The third-order valence-electron chi connectivity index (χ3n) is 0.888. The predicted molar refractivity (Wildman–Crippen MR) is 49.8 cm³/mol. The first-order chi connectivity index (χ1) is 5.22. The Kier molecular flexibility index (Phi) is 5.65. The van der Waals surface area contributed by atoms with Gasteiger partial charge in [0.1, 0.15) is 5.76 Å². The highest BCUT2D eigenvalue weighted by Gasteiger charge is 1.98. The predicted octanol–water partition coefficient (Wildman–Crippen LogP) is 2.54. The maximum absolute atomic E-state index is 8.92. The van der Waals surface area contributed by atoms with Gasteiger partial charge < -0.3 is 9.84 Å². The van der Waals surface area contributed by atoms with Crippen LogP contribution in [0.25, 0.3) is 0 Å². The molecular weight excluding hydrogens is 208 g/mol. The Balaban J connectivity index is 4.00. The van der Waals surface area contributed by atoms with Crippen LogP contribution in [0.15, 0.2) is 36.8 Å². The third-order valence-corrected chi connectivity index (χ3v) is 1.21. The lowest BCUT2D eigenvalue weighted by Gasteiger charge is -2.05. The molecule has 11 heavy (non-hydrogen) atoms. The lowest BCUT2D eigenvalue weighted by atomic mass is 10.4. The van der Waals surface area contributed by atoms with E-state index in [0.717, 1.165) is 5.33 Å². The van der Waals surface area contributed by atoms with Crippen LogP contribution in [0, 0.1) is 0 Å². The van der Waals surface area contributed by atoms with Crippen LogP contribution < -0.4 is 0 Å². The molecular formula is C8H11BrO2. The van der Waals surface area contributed by atoms with Crippen LogP contribution in [0.1, 0.15) is 0 Å². The van der Waals surface area contributed by atoms with Crippen molar-refractivity contribution in [2.24, 2.45) is 0 Å². The van der Waals surface area contributed by atoms with Crippen LogP contribution in [0.4, 0.5) is 0 Å². The van der Waals surface area contributed by atoms with E-state index < -0.39 is 0 Å². The lowest BCUT2D eigenvalue weighted by molar-refractivity contribution is 0.212. The number of aliphatic hydroxyl groups excluding tert-OH is 1. The van der Waals surface area contributed by atoms with Gasteiger partial charge in [-0.2, -0.15) is 0 Å². The summed E-state index contributed by atoms with van der Waals surface area (Å²) in [5, 5.41) is 9.64. The average Bonchev–Trinajstić information content (AvgIpc) is 1.97. The largest absolute Gasteiger partial charge is 0.505 e. The Bertz CT molecular complexity index is 173. The van der Waals surface area contributed by atoms with Crippen molar-refractivity contribution < 1.29 is 9.84 Å². The first-order valence-corrected chi connectivity index (χ1v) is 4.24. The summed E-state index contributed by atoms with van der Waals surface area (Å²) in [4.78, 5) is 0. The molecule has 0 aliphatic rings. The second-order valence-electron chi connectivity index (χ2n) is 1.75. The number of hydrogen-bond donors (Lipinski definition) is 1. The standard InChI is InChI=1S/C8H11BrO2/c1-3-4-8(7(2)10)11-6-5-9/h3-4,10H,1-2,5-6H2/b8-4+. The van der Waals surface area contributed by atoms with E-state index in [0.29, 0.717) is 12.4 Å². The zero-order chi connectivity index (χ0) is 8.69. The number of alkyl halides is 1. The molecule has 0 bridgehead atoms. The van der Waals surface area contributed by atoms with Crippen LogP contribution in [-0.4, -0.2) is 17.0 Å². The Morgan fingerprint density at radius 2 is 2.27 bits per heavy atom. The Morgan fingerprint density at radius 3 is 2.64 bits per heavy atom. The molecule has 0 spiro atoms. The van der Waals surface area contributed by atoms with Gasteiger partial charge in [-0.3, -0.25) is 0 Å². The highest BCUT2D eigenvalue weighted by Crippen LogP contribution is 2.06. The Hall–Kier alpha value is -0.700. The van der Waals surface area contributed by atoms with Crippen molar-refractivity contribution in [3.63, 3.8) is 0 Å². The third kappa shape index (κ3) is 4.67. The summed E-state index contributed by atoms with van der Waals surface area (Å²) in [6, 6.07) is 0. The highest BCUT2D eigenvalue weighted by molar-refractivity contribution is 9.09. The molecule has 0 fully saturated rings. The van der Waals surface area contributed by atoms with Gasteiger partial charge in [0.25, 0.3) is 0 Å². The summed E-state index contributed by atoms with van der Waals surface area (Å²) < 4.78 is 5.09. The molecule has 1 N–H and O–H groups in total. The van der Waals surface area contributed by atoms with E-state index in [-0.39, 0.29) is 5.76 Å². The van der Waals surface area contributed by atoms with E-state index in [1.54, 1.807) is 6.08 Å². The average molecular weight is 219 g/mol. The lowest BCUT2D eigenvalue weighted by Crippen LogP contribution is -1.97. The second-order valence-corrected chi connectivity index (χ2v) is 2.54. The van der Waals surface area contributed by atoms with E-state index in [4.69, 9.17) is 9.84 Å². The van der Waals surface area contributed by atoms with Gasteiger partial charge in [-0.25, -0.2) is 0 Å². The molecule has 0 atom stereocenters. The van der Waals surface area contributed by atoms with Crippen LogP contribution in [0.3, 0.4) is 0 Å². The van der Waals surface area contributed by atoms with Gasteiger partial charge in [0.05, 0.1) is 6.61 Å². The summed E-state index contributed by atoms with van der Waals surface area (Å²) in [5.41, 5.74) is 0. The zero-order valence-corrected chi connectivity index (χ0v) is 7.80. The molecule has 0 aliphatic carbocycles. The summed E-state index contributed by atoms with van der Waals surface area (Å²) in [6.45, 7) is 7.30. The molecule has 0 radical (unpaired) electrons. The van der Waals surface area contributed by atoms with Crippen LogP contribution in [0.5, 0.6) is 0 Å². The summed E-state index contributed by atoms with van der Waals surface area (Å²) >= 11 is 3.19. The number of halogens is 1. The fraction of sp³-hybridized carbons (Fsp3) is 0.250. The first kappa shape index (κ1) is 10.3. The molecule has 62 valence electrons. The van der Waals surface area contributed by atoms with Gasteiger partial charge in [-0.05, 0) is 6.08 Å². The Morgan fingerprint density at radius 1 is 1.64 bits per heavy atom. The topological polar surface area (TPSA) is 29.5 Å². The molecule has 0 heterocycles. The van der Waals surface area contributed by atoms with E-state index in [1.807, 2.05) is 0 Å². The van der Waals surface area contributed by atoms with Gasteiger partial charge in [0, 0.05) is 5.33 Å². The zero-order valence-electron chi connectivity index (χ0n) is 6.22. The molecule has 2 nitrogen and oxygen atoms in total. The molecule has 0 aromatic carbocycles. The fourth-order valence-corrected chi connectivity index (χ4v) is 0.645. The maximum atomic E-state index is 8.92. The molecule has 0 amide bonds. The van der Waals surface area contributed by atoms with Gasteiger partial charge >= 0.3 is 0 Å². The van der Waals surface area contributed by atoms with Crippen LogP contribution >= 0.6 is 15.9 Å². The van der Waals surface area contributed by atoms with Crippen LogP contribution in [-0.2, 0) is 4.74 Å². The monoisotopic (exact) mass is 218 g/mol. The Labute approximate surface area is 75.0 Å². The number of rotatable bonds is 5. The molecule has 3 heteroatoms. The molecule has 0 aliphatic heterocycles. The normalized spacial score (nSPS) is 10.8. The maximum Gasteiger partial charge on any atom is 0.160 e. The van der Waals surface area contributed by atoms with Crippen molar-refractivity contribution in [1.29, 1.82) is 0 Å². The quantitative estimate of drug-likeness (QED) is 0.437. The number of allylic oxidation sites excluding steroid dienone is 2. The van der Waals surface area contributed by atoms with Crippen molar-refractivity contribution in [2.75, 3.05) is 11.9 Å². The molecule has 0 rings (SSSR count). The van der Waals surface area contributed by atoms with E-state index in [1.165, 1.54) is 6.08 Å². The smallest absolute Gasteiger partial charge is 0.160 e. The SMILES string of the molecule is C=C/C=C(/OCCBr)C(=C)O. The number of ether oxygens (including phenoxy) is 1. The second kappa shape index (κ2) is 6.04. The van der Waals surface area contributed by atoms with Gasteiger partial charge in [0.15, 0.2) is 5.76 Å². The van der Waals surface area contributed by atoms with Gasteiger partial charge in [-0.15, -0.1) is 0 Å². The van der Waals surface area contributed by atoms with Gasteiger partial charge in [0.2, 0.25) is 0 Å². The minimum Gasteiger partial charge on any atom is -0.505 e. The molecule has 0 aromatic heterocycles. The minimum absolute atomic E-state index is 0.0779. The summed E-state index contributed by atoms with van der Waals surface area (Å²) in [5.74, 6) is 0.283. The molecule has 0 saturated heterocycles. The van der Waals surface area contributed by atoms with Crippen LogP contribution in [0.2, 0.25) is 0 Å². The van der Waals surface area contributed by atoms with Crippen molar-refractivity contribution in [2.45, 2.75) is 0 Å². The van der Waals surface area contributed by atoms with E-state index in [2.05, 4.69) is 29.1 Å². The van der Waals surface area contributed by atoms with E-state index in [9.17, 15) is 0 Å². The van der Waals surface area contributed by atoms with Gasteiger partial charge in [-0.1, -0.05) is 35.2 Å². The number of hydrogen-bond acceptors (Lipinski definition) is 2. The summed E-state index contributed by atoms with van der Waals surface area (Å²) in [6.07, 6.45) is 3.09. The minimum atomic E-state index is -0.0779. The van der Waals surface area contributed by atoms with E-state index >= 15 is 0 Å². The first-order valence-electron chi connectivity index (χ1n) is 3.12. The van der Waals surface area contributed by atoms with Crippen molar-refractivity contribution >= 4 is 15.9 Å². The summed E-state index contributed by atoms with van der Waals surface area (Å²) in [7, 11) is 0. The molecule has 0 saturated carbocycles. The highest BCUT2D eigenvalue weighted by atomic mass is 79.9. The molecule has 0 unspecified atom stereocenters. The van der Waals surface area contributed by atoms with Crippen molar-refractivity contribution in [3.8, 4) is 0 Å². The van der Waals surface area contributed by atoms with Crippen molar-refractivity contribution in [3.05, 3.63) is 36.8 Å². The van der Waals surface area contributed by atoms with Crippen molar-refractivity contribution in [1.82, 2.24) is 0 Å². The number of aliphatic hydroxyl groups is 1. The molecule has 0 aromatic rings. The fourth-order valence-electron chi connectivity index (χ4n) is 0.483.